The largest absolute Gasteiger partial charge is 0.419 e. The molecule has 28 heavy (non-hydrogen) atoms. The second-order valence-electron chi connectivity index (χ2n) is 6.22. The predicted molar refractivity (Wildman–Crippen MR) is 91.6 cm³/mol. The Morgan fingerprint density at radius 2 is 1.89 bits per heavy atom. The van der Waals surface area contributed by atoms with Crippen molar-refractivity contribution in [3.8, 4) is 0 Å². The Labute approximate surface area is 157 Å². The molecule has 5 nitrogen and oxygen atoms in total. The zero-order valence-corrected chi connectivity index (χ0v) is 14.5. The van der Waals surface area contributed by atoms with Crippen molar-refractivity contribution in [1.82, 2.24) is 4.90 Å². The van der Waals surface area contributed by atoms with Gasteiger partial charge in [0.25, 0.3) is 0 Å². The first-order valence-electron chi connectivity index (χ1n) is 8.34. The molecule has 0 radical (unpaired) electrons. The Bertz CT molecular complexity index is 871. The van der Waals surface area contributed by atoms with E-state index in [1.54, 1.807) is 24.3 Å². The molecule has 0 aromatic heterocycles. The van der Waals surface area contributed by atoms with E-state index in [1.165, 1.54) is 4.90 Å². The number of morpholine rings is 1. The molecular weight excluding hydrogens is 380 g/mol. The number of halogens is 4. The molecule has 1 atom stereocenters. The summed E-state index contributed by atoms with van der Waals surface area (Å²) in [6.45, 7) is -0.137. The van der Waals surface area contributed by atoms with Gasteiger partial charge in [-0.2, -0.15) is 13.2 Å². The van der Waals surface area contributed by atoms with Gasteiger partial charge in [-0.1, -0.05) is 30.3 Å². The van der Waals surface area contributed by atoms with Crippen molar-refractivity contribution in [2.24, 2.45) is 0 Å². The molecule has 0 unspecified atom stereocenters. The van der Waals surface area contributed by atoms with Crippen molar-refractivity contribution in [3.05, 3.63) is 65.5 Å². The Hall–Kier alpha value is -2.94. The third-order valence-electron chi connectivity index (χ3n) is 4.24. The Morgan fingerprint density at radius 3 is 2.57 bits per heavy atom. The maximum absolute atomic E-state index is 13.4. The number of benzene rings is 2. The van der Waals surface area contributed by atoms with Gasteiger partial charge < -0.3 is 15.0 Å². The van der Waals surface area contributed by atoms with Crippen molar-refractivity contribution in [3.63, 3.8) is 0 Å². The van der Waals surface area contributed by atoms with Gasteiger partial charge in [-0.3, -0.25) is 9.59 Å². The molecule has 0 bridgehead atoms. The fraction of sp³-hybridized carbons (Fsp3) is 0.263. The molecule has 0 saturated carbocycles. The SMILES string of the molecule is O=C(Nc1ccc(F)c(C(F)(F)F)c1)[C@@H]1COCC(=O)N1Cc1ccccc1. The zero-order valence-electron chi connectivity index (χ0n) is 14.5. The minimum atomic E-state index is -4.89. The van der Waals surface area contributed by atoms with Crippen LogP contribution in [0, 0.1) is 5.82 Å². The second kappa shape index (κ2) is 7.97. The van der Waals surface area contributed by atoms with Crippen molar-refractivity contribution in [2.45, 2.75) is 18.8 Å². The first kappa shape index (κ1) is 19.8. The number of hydrogen-bond donors (Lipinski definition) is 1. The van der Waals surface area contributed by atoms with Crippen molar-refractivity contribution in [2.75, 3.05) is 18.5 Å². The molecule has 0 spiro atoms. The summed E-state index contributed by atoms with van der Waals surface area (Å²) in [5.74, 6) is -2.57. The number of amides is 2. The number of hydrogen-bond acceptors (Lipinski definition) is 3. The number of nitrogens with one attached hydrogen (secondary N) is 1. The quantitative estimate of drug-likeness (QED) is 0.808. The number of carbonyl (C=O) groups is 2. The summed E-state index contributed by atoms with van der Waals surface area (Å²) in [5, 5.41) is 2.31. The van der Waals surface area contributed by atoms with Crippen LogP contribution in [0.2, 0.25) is 0 Å². The molecule has 1 N–H and O–H groups in total. The average molecular weight is 396 g/mol. The van der Waals surface area contributed by atoms with Crippen LogP contribution >= 0.6 is 0 Å². The molecule has 1 aliphatic heterocycles. The van der Waals surface area contributed by atoms with E-state index >= 15 is 0 Å². The minimum Gasteiger partial charge on any atom is -0.369 e. The van der Waals surface area contributed by atoms with Gasteiger partial charge in [0.2, 0.25) is 11.8 Å². The highest BCUT2D eigenvalue weighted by atomic mass is 19.4. The molecule has 148 valence electrons. The van der Waals surface area contributed by atoms with Gasteiger partial charge in [0.15, 0.2) is 0 Å². The first-order chi connectivity index (χ1) is 13.3. The summed E-state index contributed by atoms with van der Waals surface area (Å²) in [6.07, 6.45) is -4.89. The fourth-order valence-corrected chi connectivity index (χ4v) is 2.85. The number of anilines is 1. The van der Waals surface area contributed by atoms with Crippen LogP contribution in [0.3, 0.4) is 0 Å². The maximum Gasteiger partial charge on any atom is 0.419 e. The summed E-state index contributed by atoms with van der Waals surface area (Å²) in [7, 11) is 0. The molecule has 2 aromatic rings. The van der Waals surface area contributed by atoms with E-state index < -0.39 is 35.4 Å². The van der Waals surface area contributed by atoms with Crippen LogP contribution < -0.4 is 5.32 Å². The smallest absolute Gasteiger partial charge is 0.369 e. The molecule has 2 amide bonds. The van der Waals surface area contributed by atoms with Gasteiger partial charge in [-0.25, -0.2) is 4.39 Å². The van der Waals surface area contributed by atoms with Crippen LogP contribution in [0.25, 0.3) is 0 Å². The van der Waals surface area contributed by atoms with Gasteiger partial charge in [0, 0.05) is 12.2 Å². The summed E-state index contributed by atoms with van der Waals surface area (Å²) in [6, 6.07) is 10.1. The Balaban J connectivity index is 1.79. The summed E-state index contributed by atoms with van der Waals surface area (Å²) < 4.78 is 57.1. The standard InChI is InChI=1S/C19H16F4N2O3/c20-15-7-6-13(8-14(15)19(21,22)23)24-18(27)16-10-28-11-17(26)25(16)9-12-4-2-1-3-5-12/h1-8,16H,9-11H2,(H,24,27)/t16-/m0/s1. The highest BCUT2D eigenvalue weighted by molar-refractivity contribution is 5.98. The maximum atomic E-state index is 13.4. The average Bonchev–Trinajstić information content (AvgIpc) is 2.65. The van der Waals surface area contributed by atoms with Crippen LogP contribution in [0.5, 0.6) is 0 Å². The molecule has 1 fully saturated rings. The normalized spacial score (nSPS) is 17.5. The van der Waals surface area contributed by atoms with E-state index in [1.807, 2.05) is 6.07 Å². The van der Waals surface area contributed by atoms with Crippen LogP contribution in [0.15, 0.2) is 48.5 Å². The number of rotatable bonds is 4. The van der Waals surface area contributed by atoms with Gasteiger partial charge in [-0.15, -0.1) is 0 Å². The summed E-state index contributed by atoms with van der Waals surface area (Å²) >= 11 is 0. The molecule has 3 rings (SSSR count). The highest BCUT2D eigenvalue weighted by Crippen LogP contribution is 2.33. The molecule has 1 heterocycles. The predicted octanol–water partition coefficient (Wildman–Crippen LogP) is 3.21. The number of nitrogens with zero attached hydrogens (tertiary/aromatic N) is 1. The lowest BCUT2D eigenvalue weighted by Gasteiger charge is -2.34. The number of ether oxygens (including phenoxy) is 1. The monoisotopic (exact) mass is 396 g/mol. The fourth-order valence-electron chi connectivity index (χ4n) is 2.85. The molecule has 0 aliphatic carbocycles. The van der Waals surface area contributed by atoms with Crippen molar-refractivity contribution >= 4 is 17.5 Å². The van der Waals surface area contributed by atoms with Crippen LogP contribution in [-0.4, -0.2) is 36.0 Å². The van der Waals surface area contributed by atoms with Crippen molar-refractivity contribution in [1.29, 1.82) is 0 Å². The third-order valence-corrected chi connectivity index (χ3v) is 4.24. The molecule has 2 aromatic carbocycles. The van der Waals surface area contributed by atoms with E-state index in [2.05, 4.69) is 5.32 Å². The second-order valence-corrected chi connectivity index (χ2v) is 6.22. The van der Waals surface area contributed by atoms with E-state index in [0.717, 1.165) is 11.6 Å². The van der Waals surface area contributed by atoms with Gasteiger partial charge >= 0.3 is 6.18 Å². The zero-order chi connectivity index (χ0) is 20.3. The molecular formula is C19H16F4N2O3. The Kier molecular flexibility index (Phi) is 5.64. The summed E-state index contributed by atoms with van der Waals surface area (Å²) in [4.78, 5) is 26.1. The lowest BCUT2D eigenvalue weighted by atomic mass is 10.1. The molecule has 1 aliphatic rings. The topological polar surface area (TPSA) is 58.6 Å². The van der Waals surface area contributed by atoms with Gasteiger partial charge in [0.1, 0.15) is 18.5 Å². The summed E-state index contributed by atoms with van der Waals surface area (Å²) in [5.41, 5.74) is -0.921. The minimum absolute atomic E-state index is 0.0995. The third kappa shape index (κ3) is 4.48. The first-order valence-corrected chi connectivity index (χ1v) is 8.34. The Morgan fingerprint density at radius 1 is 1.18 bits per heavy atom. The van der Waals surface area contributed by atoms with E-state index in [4.69, 9.17) is 4.74 Å². The van der Waals surface area contributed by atoms with Gasteiger partial charge in [0.05, 0.1) is 12.2 Å². The van der Waals surface area contributed by atoms with E-state index in [9.17, 15) is 27.2 Å². The van der Waals surface area contributed by atoms with E-state index in [-0.39, 0.29) is 25.4 Å². The lowest BCUT2D eigenvalue weighted by Crippen LogP contribution is -2.54. The molecule has 1 saturated heterocycles. The van der Waals surface area contributed by atoms with Crippen LogP contribution in [-0.2, 0) is 27.0 Å². The van der Waals surface area contributed by atoms with Crippen molar-refractivity contribution < 1.29 is 31.9 Å². The van der Waals surface area contributed by atoms with Crippen LogP contribution in [0.1, 0.15) is 11.1 Å². The number of alkyl halides is 3. The molecule has 9 heteroatoms. The van der Waals surface area contributed by atoms with Gasteiger partial charge in [-0.05, 0) is 23.8 Å². The lowest BCUT2D eigenvalue weighted by molar-refractivity contribution is -0.154. The van der Waals surface area contributed by atoms with E-state index in [0.29, 0.717) is 12.1 Å². The number of carbonyl (C=O) groups excluding carboxylic acids is 2. The highest BCUT2D eigenvalue weighted by Gasteiger charge is 2.36. The van der Waals surface area contributed by atoms with Crippen LogP contribution in [0.4, 0.5) is 23.2 Å².